The number of unbranched alkanes of at least 4 members (excludes halogenated alkanes) is 1. The molecule has 1 N–H and O–H groups in total. The van der Waals surface area contributed by atoms with Gasteiger partial charge in [-0.3, -0.25) is 0 Å². The number of rotatable bonds is 4. The lowest BCUT2D eigenvalue weighted by Gasteiger charge is -2.20. The summed E-state index contributed by atoms with van der Waals surface area (Å²) in [7, 11) is 0. The van der Waals surface area contributed by atoms with Crippen LogP contribution in [-0.4, -0.2) is 11.7 Å². The van der Waals surface area contributed by atoms with Crippen molar-refractivity contribution in [3.8, 4) is 0 Å². The molecular formula is C12H12Cl6O. The highest BCUT2D eigenvalue weighted by Crippen LogP contribution is 2.44. The molecule has 1 rings (SSSR count). The van der Waals surface area contributed by atoms with Gasteiger partial charge in [-0.15, -0.1) is 0 Å². The molecule has 0 aliphatic rings. The minimum absolute atomic E-state index is 0.134. The third-order valence-electron chi connectivity index (χ3n) is 2.60. The summed E-state index contributed by atoms with van der Waals surface area (Å²) in [6.45, 7) is 0.134. The van der Waals surface area contributed by atoms with Gasteiger partial charge in [0.25, 0.3) is 0 Å². The monoisotopic (exact) mass is 382 g/mol. The van der Waals surface area contributed by atoms with Crippen LogP contribution in [0.2, 0.25) is 0 Å². The zero-order chi connectivity index (χ0) is 14.7. The van der Waals surface area contributed by atoms with E-state index in [2.05, 4.69) is 0 Å². The van der Waals surface area contributed by atoms with E-state index < -0.39 is 7.59 Å². The first-order chi connectivity index (χ1) is 8.66. The first-order valence-electron chi connectivity index (χ1n) is 5.54. The molecule has 0 saturated carbocycles. The zero-order valence-electron chi connectivity index (χ0n) is 9.78. The Labute approximate surface area is 142 Å². The molecule has 1 aromatic carbocycles. The highest BCUT2D eigenvalue weighted by atomic mass is 35.6. The Hall–Kier alpha value is 0.920. The van der Waals surface area contributed by atoms with E-state index in [0.717, 1.165) is 12.0 Å². The third-order valence-corrected chi connectivity index (χ3v) is 3.86. The molecule has 0 unspecified atom stereocenters. The van der Waals surface area contributed by atoms with Gasteiger partial charge in [0.2, 0.25) is 7.59 Å². The van der Waals surface area contributed by atoms with Gasteiger partial charge in [0, 0.05) is 17.7 Å². The molecule has 0 aliphatic carbocycles. The van der Waals surface area contributed by atoms with Crippen molar-refractivity contribution in [1.29, 1.82) is 0 Å². The average molecular weight is 385 g/mol. The Bertz CT molecular complexity index is 421. The van der Waals surface area contributed by atoms with Gasteiger partial charge in [0.15, 0.2) is 0 Å². The quantitative estimate of drug-likeness (QED) is 0.525. The number of aliphatic hydroxyl groups is 1. The van der Waals surface area contributed by atoms with Crippen LogP contribution in [0.4, 0.5) is 0 Å². The van der Waals surface area contributed by atoms with Crippen molar-refractivity contribution in [1.82, 2.24) is 0 Å². The van der Waals surface area contributed by atoms with Crippen LogP contribution in [0.15, 0.2) is 18.2 Å². The molecule has 0 aliphatic heterocycles. The average Bonchev–Trinajstić information content (AvgIpc) is 2.27. The molecule has 7 heteroatoms. The Morgan fingerprint density at radius 2 is 1.53 bits per heavy atom. The molecule has 0 bridgehead atoms. The van der Waals surface area contributed by atoms with Gasteiger partial charge >= 0.3 is 0 Å². The number of halogens is 6. The van der Waals surface area contributed by atoms with Gasteiger partial charge in [0.05, 0.1) is 0 Å². The summed E-state index contributed by atoms with van der Waals surface area (Å²) in [5, 5.41) is 8.79. The first kappa shape index (κ1) is 18.0. The molecule has 19 heavy (non-hydrogen) atoms. The lowest BCUT2D eigenvalue weighted by molar-refractivity contribution is 0.284. The highest BCUT2D eigenvalue weighted by Gasteiger charge is 2.30. The molecule has 0 fully saturated rings. The number of hydrogen-bond acceptors (Lipinski definition) is 1. The molecule has 0 amide bonds. The predicted octanol–water partition coefficient (Wildman–Crippen LogP) is 5.66. The topological polar surface area (TPSA) is 20.2 Å². The third kappa shape index (κ3) is 5.67. The van der Waals surface area contributed by atoms with E-state index in [4.69, 9.17) is 74.7 Å². The van der Waals surface area contributed by atoms with E-state index in [-0.39, 0.29) is 6.61 Å². The summed E-state index contributed by atoms with van der Waals surface area (Å²) in [6, 6.07) is 5.07. The number of aliphatic hydroxyl groups excluding tert-OH is 1. The minimum Gasteiger partial charge on any atom is -0.396 e. The van der Waals surface area contributed by atoms with Crippen LogP contribution in [0.1, 0.15) is 29.5 Å². The predicted molar refractivity (Wildman–Crippen MR) is 84.9 cm³/mol. The zero-order valence-corrected chi connectivity index (χ0v) is 14.3. The highest BCUT2D eigenvalue weighted by molar-refractivity contribution is 6.67. The van der Waals surface area contributed by atoms with Gasteiger partial charge in [-0.2, -0.15) is 0 Å². The standard InChI is InChI=1S/C12H12Cl6O/c13-11(14,15)9-5-4-8(3-1-2-6-19)10(7-9)12(16,17)18/h4-5,7,19H,1-3,6H2. The largest absolute Gasteiger partial charge is 0.396 e. The SMILES string of the molecule is OCCCCc1ccc(C(Cl)(Cl)Cl)cc1C(Cl)(Cl)Cl. The molecular weight excluding hydrogens is 373 g/mol. The van der Waals surface area contributed by atoms with E-state index in [0.29, 0.717) is 24.0 Å². The van der Waals surface area contributed by atoms with Crippen LogP contribution in [0.25, 0.3) is 0 Å². The molecule has 0 heterocycles. The molecule has 0 saturated heterocycles. The van der Waals surface area contributed by atoms with Crippen molar-refractivity contribution >= 4 is 69.6 Å². The second kappa shape index (κ2) is 7.26. The molecule has 0 atom stereocenters. The van der Waals surface area contributed by atoms with E-state index >= 15 is 0 Å². The maximum Gasteiger partial charge on any atom is 0.216 e. The fourth-order valence-corrected chi connectivity index (χ4v) is 2.54. The fourth-order valence-electron chi connectivity index (χ4n) is 1.66. The minimum atomic E-state index is -1.58. The van der Waals surface area contributed by atoms with Gasteiger partial charge in [0.1, 0.15) is 0 Å². The Kier molecular flexibility index (Phi) is 6.87. The summed E-state index contributed by atoms with van der Waals surface area (Å²) >= 11 is 35.3. The number of benzene rings is 1. The van der Waals surface area contributed by atoms with Crippen molar-refractivity contribution in [3.63, 3.8) is 0 Å². The number of hydrogen-bond donors (Lipinski definition) is 1. The lowest BCUT2D eigenvalue weighted by Crippen LogP contribution is -2.10. The second-order valence-corrected chi connectivity index (χ2v) is 8.61. The van der Waals surface area contributed by atoms with E-state index in [1.807, 2.05) is 0 Å². The maximum atomic E-state index is 8.79. The van der Waals surface area contributed by atoms with Crippen molar-refractivity contribution in [3.05, 3.63) is 34.9 Å². The van der Waals surface area contributed by atoms with Crippen LogP contribution >= 0.6 is 69.6 Å². The number of aryl methyl sites for hydroxylation is 1. The van der Waals surface area contributed by atoms with Crippen molar-refractivity contribution < 1.29 is 5.11 Å². The smallest absolute Gasteiger partial charge is 0.216 e. The fraction of sp³-hybridized carbons (Fsp3) is 0.500. The van der Waals surface area contributed by atoms with Crippen molar-refractivity contribution in [2.75, 3.05) is 6.61 Å². The van der Waals surface area contributed by atoms with Gasteiger partial charge in [-0.05, 0) is 30.9 Å². The Morgan fingerprint density at radius 1 is 0.895 bits per heavy atom. The summed E-state index contributed by atoms with van der Waals surface area (Å²) in [5.41, 5.74) is 1.82. The number of alkyl halides is 6. The summed E-state index contributed by atoms with van der Waals surface area (Å²) < 4.78 is -3.14. The van der Waals surface area contributed by atoms with E-state index in [9.17, 15) is 0 Å². The lowest BCUT2D eigenvalue weighted by atomic mass is 10.0. The van der Waals surface area contributed by atoms with Crippen molar-refractivity contribution in [2.45, 2.75) is 26.8 Å². The van der Waals surface area contributed by atoms with E-state index in [1.165, 1.54) is 0 Å². The van der Waals surface area contributed by atoms with Gasteiger partial charge in [-0.1, -0.05) is 81.7 Å². The molecule has 0 radical (unpaired) electrons. The maximum absolute atomic E-state index is 8.79. The van der Waals surface area contributed by atoms with E-state index in [1.54, 1.807) is 18.2 Å². The van der Waals surface area contributed by atoms with Crippen molar-refractivity contribution in [2.24, 2.45) is 0 Å². The summed E-state index contributed by atoms with van der Waals surface area (Å²) in [5.74, 6) is 0. The van der Waals surface area contributed by atoms with Crippen LogP contribution in [-0.2, 0) is 14.0 Å². The molecule has 108 valence electrons. The normalized spacial score (nSPS) is 12.8. The van der Waals surface area contributed by atoms with Gasteiger partial charge in [-0.25, -0.2) is 0 Å². The summed E-state index contributed by atoms with van der Waals surface area (Å²) in [6.07, 6.45) is 2.16. The van der Waals surface area contributed by atoms with Crippen LogP contribution in [0, 0.1) is 0 Å². The van der Waals surface area contributed by atoms with Crippen LogP contribution < -0.4 is 0 Å². The second-order valence-electron chi connectivity index (χ2n) is 4.05. The first-order valence-corrected chi connectivity index (χ1v) is 7.81. The molecule has 1 aromatic rings. The molecule has 0 aromatic heterocycles. The van der Waals surface area contributed by atoms with Gasteiger partial charge < -0.3 is 5.11 Å². The Morgan fingerprint density at radius 3 is 2.00 bits per heavy atom. The molecule has 0 spiro atoms. The summed E-state index contributed by atoms with van der Waals surface area (Å²) in [4.78, 5) is 0. The Balaban J connectivity index is 3.11. The molecule has 1 nitrogen and oxygen atoms in total. The van der Waals surface area contributed by atoms with Crippen LogP contribution in [0.3, 0.4) is 0 Å². The van der Waals surface area contributed by atoms with Crippen LogP contribution in [0.5, 0.6) is 0 Å².